The lowest BCUT2D eigenvalue weighted by Gasteiger charge is -2.00. The van der Waals surface area contributed by atoms with Gasteiger partial charge in [-0.2, -0.15) is 0 Å². The van der Waals surface area contributed by atoms with E-state index in [2.05, 4.69) is 6.58 Å². The van der Waals surface area contributed by atoms with Crippen molar-refractivity contribution >= 4 is 6.29 Å². The number of carbonyl (C=O) groups excluding carboxylic acids is 1. The van der Waals surface area contributed by atoms with Crippen molar-refractivity contribution in [1.29, 1.82) is 0 Å². The highest BCUT2D eigenvalue weighted by molar-refractivity contribution is 5.48. The molecular formula is C13H24O. The molecule has 82 valence electrons. The van der Waals surface area contributed by atoms with Crippen LogP contribution in [-0.4, -0.2) is 6.29 Å². The molecule has 0 saturated heterocycles. The zero-order valence-electron chi connectivity index (χ0n) is 9.34. The van der Waals surface area contributed by atoms with Gasteiger partial charge in [0.25, 0.3) is 0 Å². The zero-order chi connectivity index (χ0) is 10.5. The van der Waals surface area contributed by atoms with Gasteiger partial charge in [0, 0.05) is 6.42 Å². The Labute approximate surface area is 88.6 Å². The summed E-state index contributed by atoms with van der Waals surface area (Å²) < 4.78 is 0. The number of aldehydes is 1. The van der Waals surface area contributed by atoms with Crippen LogP contribution < -0.4 is 0 Å². The Kier molecular flexibility index (Phi) is 11.9. The molecule has 0 unspecified atom stereocenters. The predicted molar refractivity (Wildman–Crippen MR) is 62.4 cm³/mol. The van der Waals surface area contributed by atoms with Gasteiger partial charge >= 0.3 is 0 Å². The van der Waals surface area contributed by atoms with Gasteiger partial charge in [-0.1, -0.05) is 44.6 Å². The molecular weight excluding hydrogens is 172 g/mol. The minimum absolute atomic E-state index is 0.749. The van der Waals surface area contributed by atoms with Crippen molar-refractivity contribution in [3.8, 4) is 0 Å². The summed E-state index contributed by atoms with van der Waals surface area (Å²) in [6.07, 6.45) is 15.3. The molecule has 1 heteroatoms. The molecule has 0 aliphatic heterocycles. The number of allylic oxidation sites excluding steroid dienone is 1. The Morgan fingerprint density at radius 3 is 1.57 bits per heavy atom. The lowest BCUT2D eigenvalue weighted by molar-refractivity contribution is -0.107. The van der Waals surface area contributed by atoms with E-state index in [0.717, 1.165) is 19.1 Å². The van der Waals surface area contributed by atoms with Crippen molar-refractivity contribution in [2.24, 2.45) is 0 Å². The zero-order valence-corrected chi connectivity index (χ0v) is 9.34. The highest BCUT2D eigenvalue weighted by atomic mass is 16.1. The molecule has 0 radical (unpaired) electrons. The summed E-state index contributed by atoms with van der Waals surface area (Å²) in [5.41, 5.74) is 0. The molecule has 0 N–H and O–H groups in total. The van der Waals surface area contributed by atoms with Crippen LogP contribution in [0.5, 0.6) is 0 Å². The summed E-state index contributed by atoms with van der Waals surface area (Å²) in [7, 11) is 0. The summed E-state index contributed by atoms with van der Waals surface area (Å²) in [5, 5.41) is 0. The Morgan fingerprint density at radius 1 is 0.714 bits per heavy atom. The Hall–Kier alpha value is -0.590. The quantitative estimate of drug-likeness (QED) is 0.274. The van der Waals surface area contributed by atoms with E-state index < -0.39 is 0 Å². The lowest BCUT2D eigenvalue weighted by Crippen LogP contribution is -1.81. The van der Waals surface area contributed by atoms with Crippen LogP contribution in [0.3, 0.4) is 0 Å². The van der Waals surface area contributed by atoms with E-state index in [-0.39, 0.29) is 0 Å². The number of hydrogen-bond donors (Lipinski definition) is 0. The van der Waals surface area contributed by atoms with Crippen LogP contribution in [-0.2, 0) is 4.79 Å². The summed E-state index contributed by atoms with van der Waals surface area (Å²) in [4.78, 5) is 10.0. The van der Waals surface area contributed by atoms with Crippen LogP contribution in [0, 0.1) is 0 Å². The third-order valence-corrected chi connectivity index (χ3v) is 2.48. The van der Waals surface area contributed by atoms with Crippen LogP contribution in [0.1, 0.15) is 64.2 Å². The summed E-state index contributed by atoms with van der Waals surface area (Å²) in [6, 6.07) is 0. The number of rotatable bonds is 11. The lowest BCUT2D eigenvalue weighted by atomic mass is 10.1. The molecule has 14 heavy (non-hydrogen) atoms. The predicted octanol–water partition coefficient (Wildman–Crippen LogP) is 4.27. The monoisotopic (exact) mass is 196 g/mol. The van der Waals surface area contributed by atoms with Gasteiger partial charge in [0.15, 0.2) is 0 Å². The van der Waals surface area contributed by atoms with Gasteiger partial charge in [0.2, 0.25) is 0 Å². The van der Waals surface area contributed by atoms with E-state index in [1.807, 2.05) is 6.08 Å². The van der Waals surface area contributed by atoms with Crippen LogP contribution >= 0.6 is 0 Å². The van der Waals surface area contributed by atoms with Gasteiger partial charge in [-0.25, -0.2) is 0 Å². The van der Waals surface area contributed by atoms with Crippen molar-refractivity contribution in [3.63, 3.8) is 0 Å². The number of unbranched alkanes of at least 4 members (excludes halogenated alkanes) is 9. The van der Waals surface area contributed by atoms with Crippen molar-refractivity contribution in [2.45, 2.75) is 64.2 Å². The molecule has 0 atom stereocenters. The average Bonchev–Trinajstić information content (AvgIpc) is 2.21. The fraction of sp³-hybridized carbons (Fsp3) is 0.769. The second-order valence-corrected chi connectivity index (χ2v) is 3.86. The fourth-order valence-electron chi connectivity index (χ4n) is 1.58. The van der Waals surface area contributed by atoms with Gasteiger partial charge in [0.05, 0.1) is 0 Å². The van der Waals surface area contributed by atoms with E-state index in [0.29, 0.717) is 0 Å². The normalized spacial score (nSPS) is 10.0. The third-order valence-electron chi connectivity index (χ3n) is 2.48. The molecule has 0 saturated carbocycles. The summed E-state index contributed by atoms with van der Waals surface area (Å²) in [6.45, 7) is 3.71. The average molecular weight is 196 g/mol. The highest BCUT2D eigenvalue weighted by Gasteiger charge is 1.91. The van der Waals surface area contributed by atoms with Crippen molar-refractivity contribution in [3.05, 3.63) is 12.7 Å². The molecule has 0 aromatic rings. The Balaban J connectivity index is 2.84. The maximum atomic E-state index is 10.0. The second kappa shape index (κ2) is 12.4. The summed E-state index contributed by atoms with van der Waals surface area (Å²) >= 11 is 0. The molecule has 0 heterocycles. The molecule has 0 fully saturated rings. The Bertz CT molecular complexity index is 113. The van der Waals surface area contributed by atoms with Gasteiger partial charge in [0.1, 0.15) is 6.29 Å². The van der Waals surface area contributed by atoms with Gasteiger partial charge in [-0.3, -0.25) is 0 Å². The minimum Gasteiger partial charge on any atom is -0.303 e. The van der Waals surface area contributed by atoms with Gasteiger partial charge in [-0.15, -0.1) is 6.58 Å². The van der Waals surface area contributed by atoms with Crippen LogP contribution in [0.15, 0.2) is 12.7 Å². The van der Waals surface area contributed by atoms with Gasteiger partial charge in [-0.05, 0) is 19.3 Å². The van der Waals surface area contributed by atoms with Crippen molar-refractivity contribution in [2.75, 3.05) is 0 Å². The standard InChI is InChI=1S/C13H24O/c1-2-3-4-5-6-7-8-9-10-11-12-13-14/h2,13H,1,3-12H2. The maximum Gasteiger partial charge on any atom is 0.119 e. The van der Waals surface area contributed by atoms with Crippen LogP contribution in [0.4, 0.5) is 0 Å². The molecule has 0 aliphatic rings. The largest absolute Gasteiger partial charge is 0.303 e. The SMILES string of the molecule is C=CCCCCCCCCCCC=O. The van der Waals surface area contributed by atoms with E-state index >= 15 is 0 Å². The Morgan fingerprint density at radius 2 is 1.14 bits per heavy atom. The first-order chi connectivity index (χ1) is 6.91. The van der Waals surface area contributed by atoms with Crippen LogP contribution in [0.2, 0.25) is 0 Å². The minimum atomic E-state index is 0.749. The molecule has 0 aromatic heterocycles. The van der Waals surface area contributed by atoms with Crippen molar-refractivity contribution < 1.29 is 4.79 Å². The van der Waals surface area contributed by atoms with E-state index in [9.17, 15) is 4.79 Å². The van der Waals surface area contributed by atoms with Crippen molar-refractivity contribution in [1.82, 2.24) is 0 Å². The fourth-order valence-corrected chi connectivity index (χ4v) is 1.58. The first kappa shape index (κ1) is 13.4. The van der Waals surface area contributed by atoms with Crippen LogP contribution in [0.25, 0.3) is 0 Å². The molecule has 0 rings (SSSR count). The first-order valence-corrected chi connectivity index (χ1v) is 5.96. The number of hydrogen-bond acceptors (Lipinski definition) is 1. The summed E-state index contributed by atoms with van der Waals surface area (Å²) in [5.74, 6) is 0. The second-order valence-electron chi connectivity index (χ2n) is 3.86. The number of carbonyl (C=O) groups is 1. The molecule has 0 amide bonds. The molecule has 0 aliphatic carbocycles. The first-order valence-electron chi connectivity index (χ1n) is 5.96. The maximum absolute atomic E-state index is 10.0. The molecule has 0 spiro atoms. The van der Waals surface area contributed by atoms with E-state index in [4.69, 9.17) is 0 Å². The molecule has 1 nitrogen and oxygen atoms in total. The van der Waals surface area contributed by atoms with E-state index in [1.165, 1.54) is 51.4 Å². The topological polar surface area (TPSA) is 17.1 Å². The highest BCUT2D eigenvalue weighted by Crippen LogP contribution is 2.10. The molecule has 0 bridgehead atoms. The van der Waals surface area contributed by atoms with E-state index in [1.54, 1.807) is 0 Å². The third kappa shape index (κ3) is 11.4. The smallest absolute Gasteiger partial charge is 0.119 e. The molecule has 0 aromatic carbocycles. The van der Waals surface area contributed by atoms with Gasteiger partial charge < -0.3 is 4.79 Å².